The van der Waals surface area contributed by atoms with Gasteiger partial charge in [0.25, 0.3) is 0 Å². The monoisotopic (exact) mass is 348 g/mol. The summed E-state index contributed by atoms with van der Waals surface area (Å²) in [6.07, 6.45) is 2.30. The summed E-state index contributed by atoms with van der Waals surface area (Å²) in [5.74, 6) is 0.839. The van der Waals surface area contributed by atoms with Gasteiger partial charge in [-0.25, -0.2) is 4.99 Å². The van der Waals surface area contributed by atoms with Crippen LogP contribution >= 0.6 is 0 Å². The molecule has 3 N–H and O–H groups in total. The van der Waals surface area contributed by atoms with Crippen LogP contribution in [0.2, 0.25) is 0 Å². The van der Waals surface area contributed by atoms with Crippen LogP contribution in [0.25, 0.3) is 0 Å². The van der Waals surface area contributed by atoms with E-state index >= 15 is 0 Å². The van der Waals surface area contributed by atoms with E-state index in [2.05, 4.69) is 48.2 Å². The summed E-state index contributed by atoms with van der Waals surface area (Å²) in [6, 6.07) is 8.27. The fourth-order valence-electron chi connectivity index (χ4n) is 2.82. The van der Waals surface area contributed by atoms with E-state index in [1.54, 1.807) is 0 Å². The Balaban J connectivity index is 2.54. The number of aliphatic imine (C=N–C) groups is 1. The predicted octanol–water partition coefficient (Wildman–Crippen LogP) is 2.74. The number of aliphatic hydroxyl groups is 1. The van der Waals surface area contributed by atoms with Crippen LogP contribution in [0.4, 0.5) is 0 Å². The third-order valence-electron chi connectivity index (χ3n) is 4.43. The molecular weight excluding hydrogens is 312 g/mol. The largest absolute Gasteiger partial charge is 0.392 e. The van der Waals surface area contributed by atoms with Crippen LogP contribution in [0.5, 0.6) is 0 Å². The molecule has 0 bridgehead atoms. The summed E-state index contributed by atoms with van der Waals surface area (Å²) in [7, 11) is 0. The average molecular weight is 349 g/mol. The van der Waals surface area contributed by atoms with Gasteiger partial charge in [0, 0.05) is 12.6 Å². The molecule has 1 unspecified atom stereocenters. The van der Waals surface area contributed by atoms with Crippen LogP contribution in [-0.4, -0.2) is 48.2 Å². The summed E-state index contributed by atoms with van der Waals surface area (Å²) in [6.45, 7) is 13.5. The summed E-state index contributed by atoms with van der Waals surface area (Å²) in [4.78, 5) is 7.14. The number of rotatable bonds is 11. The molecule has 5 heteroatoms. The van der Waals surface area contributed by atoms with Gasteiger partial charge in [-0.05, 0) is 57.5 Å². The summed E-state index contributed by atoms with van der Waals surface area (Å²) in [5, 5.41) is 16.2. The van der Waals surface area contributed by atoms with E-state index < -0.39 is 0 Å². The first-order valence-corrected chi connectivity index (χ1v) is 9.59. The lowest BCUT2D eigenvalue weighted by Gasteiger charge is -2.21. The minimum Gasteiger partial charge on any atom is -0.392 e. The van der Waals surface area contributed by atoms with Crippen LogP contribution in [0.15, 0.2) is 29.3 Å². The smallest absolute Gasteiger partial charge is 0.191 e. The molecule has 0 saturated carbocycles. The molecule has 0 aliphatic heterocycles. The summed E-state index contributed by atoms with van der Waals surface area (Å²) < 4.78 is 0. The molecule has 142 valence electrons. The lowest BCUT2D eigenvalue weighted by molar-refractivity contribution is 0.280. The third-order valence-corrected chi connectivity index (χ3v) is 4.43. The maximum Gasteiger partial charge on any atom is 0.191 e. The van der Waals surface area contributed by atoms with E-state index in [0.29, 0.717) is 12.6 Å². The number of nitrogens with zero attached hydrogens (tertiary/aromatic N) is 2. The molecule has 1 rings (SSSR count). The predicted molar refractivity (Wildman–Crippen MR) is 107 cm³/mol. The standard InChI is InChI=1S/C20H36N4O/c1-5-21-20(22-15-18-12-8-9-13-19(18)16-25)23-17(4)11-10-14-24(6-2)7-3/h8-9,12-13,17,25H,5-7,10-11,14-16H2,1-4H3,(H2,21,22,23). The van der Waals surface area contributed by atoms with Crippen molar-refractivity contribution in [1.29, 1.82) is 0 Å². The zero-order chi connectivity index (χ0) is 18.5. The second-order valence-electron chi connectivity index (χ2n) is 6.34. The molecule has 0 fully saturated rings. The summed E-state index contributed by atoms with van der Waals surface area (Å²) >= 11 is 0. The number of hydrogen-bond donors (Lipinski definition) is 3. The number of nitrogens with one attached hydrogen (secondary N) is 2. The summed E-state index contributed by atoms with van der Waals surface area (Å²) in [5.41, 5.74) is 2.01. The topological polar surface area (TPSA) is 59.9 Å². The van der Waals surface area contributed by atoms with E-state index in [1.165, 1.54) is 6.42 Å². The van der Waals surface area contributed by atoms with E-state index in [9.17, 15) is 5.11 Å². The van der Waals surface area contributed by atoms with Crippen LogP contribution in [-0.2, 0) is 13.2 Å². The Kier molecular flexibility index (Phi) is 10.9. The van der Waals surface area contributed by atoms with Crippen molar-refractivity contribution in [3.63, 3.8) is 0 Å². The Labute approximate surface area is 153 Å². The highest BCUT2D eigenvalue weighted by atomic mass is 16.3. The van der Waals surface area contributed by atoms with Crippen molar-refractivity contribution in [1.82, 2.24) is 15.5 Å². The molecule has 0 radical (unpaired) electrons. The van der Waals surface area contributed by atoms with E-state index in [0.717, 1.165) is 49.7 Å². The molecule has 0 aliphatic rings. The molecule has 5 nitrogen and oxygen atoms in total. The van der Waals surface area contributed by atoms with Gasteiger partial charge in [0.15, 0.2) is 5.96 Å². The minimum absolute atomic E-state index is 0.0530. The molecule has 0 amide bonds. The van der Waals surface area contributed by atoms with Gasteiger partial charge >= 0.3 is 0 Å². The number of benzene rings is 1. The number of hydrogen-bond acceptors (Lipinski definition) is 3. The van der Waals surface area contributed by atoms with E-state index in [-0.39, 0.29) is 6.61 Å². The fraction of sp³-hybridized carbons (Fsp3) is 0.650. The van der Waals surface area contributed by atoms with Crippen LogP contribution in [0, 0.1) is 0 Å². The molecule has 0 aromatic heterocycles. The Morgan fingerprint density at radius 2 is 1.84 bits per heavy atom. The molecule has 25 heavy (non-hydrogen) atoms. The van der Waals surface area contributed by atoms with E-state index in [1.807, 2.05) is 24.3 Å². The van der Waals surface area contributed by atoms with Crippen LogP contribution in [0.1, 0.15) is 51.7 Å². The molecule has 1 aromatic rings. The van der Waals surface area contributed by atoms with E-state index in [4.69, 9.17) is 0 Å². The van der Waals surface area contributed by atoms with Gasteiger partial charge < -0.3 is 20.6 Å². The molecule has 0 spiro atoms. The average Bonchev–Trinajstić information content (AvgIpc) is 2.63. The Morgan fingerprint density at radius 1 is 1.16 bits per heavy atom. The Morgan fingerprint density at radius 3 is 2.44 bits per heavy atom. The van der Waals surface area contributed by atoms with Gasteiger partial charge in [-0.2, -0.15) is 0 Å². The van der Waals surface area contributed by atoms with Crippen molar-refractivity contribution in [2.45, 2.75) is 59.7 Å². The minimum atomic E-state index is 0.0530. The fourth-order valence-corrected chi connectivity index (χ4v) is 2.82. The van der Waals surface area contributed by atoms with Gasteiger partial charge in [-0.1, -0.05) is 38.1 Å². The highest BCUT2D eigenvalue weighted by Crippen LogP contribution is 2.10. The molecular formula is C20H36N4O. The van der Waals surface area contributed by atoms with Crippen molar-refractivity contribution in [2.75, 3.05) is 26.2 Å². The first-order valence-electron chi connectivity index (χ1n) is 9.59. The zero-order valence-electron chi connectivity index (χ0n) is 16.4. The van der Waals surface area contributed by atoms with Gasteiger partial charge in [-0.15, -0.1) is 0 Å². The zero-order valence-corrected chi connectivity index (χ0v) is 16.4. The first-order chi connectivity index (χ1) is 12.1. The lowest BCUT2D eigenvalue weighted by Crippen LogP contribution is -2.42. The quantitative estimate of drug-likeness (QED) is 0.425. The van der Waals surface area contributed by atoms with Crippen molar-refractivity contribution in [3.05, 3.63) is 35.4 Å². The molecule has 0 heterocycles. The maximum absolute atomic E-state index is 9.43. The highest BCUT2D eigenvalue weighted by molar-refractivity contribution is 5.80. The third kappa shape index (κ3) is 8.36. The second kappa shape index (κ2) is 12.7. The lowest BCUT2D eigenvalue weighted by atomic mass is 10.1. The highest BCUT2D eigenvalue weighted by Gasteiger charge is 2.07. The molecule has 0 aliphatic carbocycles. The van der Waals surface area contributed by atoms with Crippen molar-refractivity contribution in [2.24, 2.45) is 4.99 Å². The molecule has 1 aromatic carbocycles. The van der Waals surface area contributed by atoms with Crippen LogP contribution < -0.4 is 10.6 Å². The van der Waals surface area contributed by atoms with Crippen molar-refractivity contribution < 1.29 is 5.11 Å². The van der Waals surface area contributed by atoms with Crippen LogP contribution in [0.3, 0.4) is 0 Å². The Hall–Kier alpha value is -1.59. The molecule has 0 saturated heterocycles. The van der Waals surface area contributed by atoms with Gasteiger partial charge in [0.1, 0.15) is 0 Å². The Bertz CT molecular complexity index is 500. The van der Waals surface area contributed by atoms with Gasteiger partial charge in [0.2, 0.25) is 0 Å². The number of guanidine groups is 1. The normalized spacial score (nSPS) is 13.1. The van der Waals surface area contributed by atoms with Gasteiger partial charge in [-0.3, -0.25) is 0 Å². The second-order valence-corrected chi connectivity index (χ2v) is 6.34. The van der Waals surface area contributed by atoms with Crippen molar-refractivity contribution >= 4 is 5.96 Å². The first kappa shape index (κ1) is 21.5. The maximum atomic E-state index is 9.43. The van der Waals surface area contributed by atoms with Crippen molar-refractivity contribution in [3.8, 4) is 0 Å². The number of aliphatic hydroxyl groups excluding tert-OH is 1. The molecule has 1 atom stereocenters. The SMILES string of the molecule is CCNC(=NCc1ccccc1CO)NC(C)CCCN(CC)CC. The van der Waals surface area contributed by atoms with Gasteiger partial charge in [0.05, 0.1) is 13.2 Å².